The number of fused-ring (bicyclic) bond motifs is 5. The van der Waals surface area contributed by atoms with Gasteiger partial charge in [-0.1, -0.05) is 13.8 Å². The Labute approximate surface area is 173 Å². The van der Waals surface area contributed by atoms with Crippen molar-refractivity contribution in [3.63, 3.8) is 0 Å². The van der Waals surface area contributed by atoms with Crippen LogP contribution in [0.5, 0.6) is 0 Å². The van der Waals surface area contributed by atoms with Crippen molar-refractivity contribution in [2.45, 2.75) is 90.8 Å². The van der Waals surface area contributed by atoms with Gasteiger partial charge in [0.25, 0.3) is 0 Å². The first kappa shape index (κ1) is 19.6. The van der Waals surface area contributed by atoms with E-state index in [0.717, 1.165) is 51.4 Å². The van der Waals surface area contributed by atoms with E-state index >= 15 is 4.39 Å². The molecule has 4 aliphatic carbocycles. The first-order chi connectivity index (χ1) is 13.8. The summed E-state index contributed by atoms with van der Waals surface area (Å²) in [5.74, 6) is 3.16. The van der Waals surface area contributed by atoms with Crippen molar-refractivity contribution >= 4 is 5.78 Å². The maximum atomic E-state index is 16.4. The van der Waals surface area contributed by atoms with Crippen LogP contribution in [0.15, 0.2) is 0 Å². The van der Waals surface area contributed by atoms with E-state index in [2.05, 4.69) is 29.4 Å². The Morgan fingerprint density at radius 3 is 2.72 bits per heavy atom. The molecule has 1 aromatic rings. The number of aryl methyl sites for hydroxylation is 1. The van der Waals surface area contributed by atoms with Crippen molar-refractivity contribution in [3.05, 3.63) is 5.82 Å². The van der Waals surface area contributed by atoms with E-state index in [0.29, 0.717) is 23.6 Å². The number of rotatable bonds is 3. The summed E-state index contributed by atoms with van der Waals surface area (Å²) in [5, 5.41) is 11.5. The molecule has 1 heterocycles. The summed E-state index contributed by atoms with van der Waals surface area (Å²) in [6, 6.07) is 0. The van der Waals surface area contributed by atoms with Gasteiger partial charge in [0, 0.05) is 5.92 Å². The van der Waals surface area contributed by atoms with Crippen LogP contribution >= 0.6 is 0 Å². The van der Waals surface area contributed by atoms with Gasteiger partial charge in [-0.3, -0.25) is 4.79 Å². The lowest BCUT2D eigenvalue weighted by Crippen LogP contribution is -2.56. The normalized spacial score (nSPS) is 46.6. The number of hydrogen-bond donors (Lipinski definition) is 0. The number of Topliss-reactive ketones (excluding diaryl/α,β-unsaturated/α-hetero) is 1. The van der Waals surface area contributed by atoms with Gasteiger partial charge in [0.1, 0.15) is 18.0 Å². The molecule has 6 heteroatoms. The first-order valence-electron chi connectivity index (χ1n) is 11.8. The maximum Gasteiger partial charge on any atom is 0.158 e. The fourth-order valence-electron chi connectivity index (χ4n) is 8.18. The smallest absolute Gasteiger partial charge is 0.158 e. The van der Waals surface area contributed by atoms with E-state index in [1.807, 2.05) is 6.92 Å². The zero-order chi connectivity index (χ0) is 20.4. The third kappa shape index (κ3) is 2.91. The number of carbonyl (C=O) groups is 1. The molecule has 4 fully saturated rings. The van der Waals surface area contributed by atoms with E-state index in [1.165, 1.54) is 6.42 Å². The van der Waals surface area contributed by atoms with Gasteiger partial charge in [-0.2, -0.15) is 0 Å². The van der Waals surface area contributed by atoms with E-state index in [9.17, 15) is 4.79 Å². The van der Waals surface area contributed by atoms with Gasteiger partial charge < -0.3 is 0 Å². The Balaban J connectivity index is 1.36. The van der Waals surface area contributed by atoms with Gasteiger partial charge in [0.15, 0.2) is 5.78 Å². The molecule has 0 bridgehead atoms. The lowest BCUT2D eigenvalue weighted by atomic mass is 9.48. The van der Waals surface area contributed by atoms with Crippen molar-refractivity contribution in [1.82, 2.24) is 20.2 Å². The number of aromatic nitrogens is 4. The van der Waals surface area contributed by atoms with Crippen LogP contribution in [0.3, 0.4) is 0 Å². The molecular weight excluding hydrogens is 367 g/mol. The summed E-state index contributed by atoms with van der Waals surface area (Å²) in [7, 11) is 0. The van der Waals surface area contributed by atoms with Crippen LogP contribution in [-0.2, 0) is 11.3 Å². The van der Waals surface area contributed by atoms with Crippen LogP contribution in [0.2, 0.25) is 0 Å². The summed E-state index contributed by atoms with van der Waals surface area (Å²) in [6.07, 6.45) is 9.11. The predicted molar refractivity (Wildman–Crippen MR) is 108 cm³/mol. The largest absolute Gasteiger partial charge is 0.297 e. The van der Waals surface area contributed by atoms with Crippen molar-refractivity contribution in [2.24, 2.45) is 40.9 Å². The third-order valence-electron chi connectivity index (χ3n) is 9.69. The van der Waals surface area contributed by atoms with Crippen LogP contribution in [0.25, 0.3) is 0 Å². The minimum absolute atomic E-state index is 0.0192. The van der Waals surface area contributed by atoms with Crippen molar-refractivity contribution in [3.8, 4) is 0 Å². The summed E-state index contributed by atoms with van der Waals surface area (Å²) in [5.41, 5.74) is -0.923. The monoisotopic (exact) mass is 402 g/mol. The maximum absolute atomic E-state index is 16.4. The number of carbonyl (C=O) groups excluding carboxylic acids is 1. The summed E-state index contributed by atoms with van der Waals surface area (Å²) in [4.78, 5) is 13.2. The van der Waals surface area contributed by atoms with Gasteiger partial charge in [-0.15, -0.1) is 5.10 Å². The minimum Gasteiger partial charge on any atom is -0.297 e. The molecule has 160 valence electrons. The fourth-order valence-corrected chi connectivity index (χ4v) is 8.18. The third-order valence-corrected chi connectivity index (χ3v) is 9.69. The average Bonchev–Trinajstić information content (AvgIpc) is 3.25. The minimum atomic E-state index is -0.942. The highest BCUT2D eigenvalue weighted by molar-refractivity contribution is 5.82. The molecule has 0 saturated heterocycles. The molecule has 4 saturated carbocycles. The molecule has 0 unspecified atom stereocenters. The van der Waals surface area contributed by atoms with Crippen molar-refractivity contribution in [1.29, 1.82) is 0 Å². The average molecular weight is 403 g/mol. The Morgan fingerprint density at radius 2 is 1.97 bits per heavy atom. The van der Waals surface area contributed by atoms with Crippen LogP contribution < -0.4 is 0 Å². The van der Waals surface area contributed by atoms with Gasteiger partial charge in [0.05, 0.1) is 0 Å². The second-order valence-corrected chi connectivity index (χ2v) is 11.0. The molecule has 0 N–H and O–H groups in total. The molecule has 8 atom stereocenters. The van der Waals surface area contributed by atoms with E-state index in [-0.39, 0.29) is 35.5 Å². The zero-order valence-corrected chi connectivity index (χ0v) is 18.1. The molecule has 1 aromatic heterocycles. The fraction of sp³-hybridized carbons (Fsp3) is 0.913. The number of halogens is 1. The van der Waals surface area contributed by atoms with Crippen LogP contribution in [0, 0.1) is 47.8 Å². The molecule has 5 rings (SSSR count). The molecule has 0 amide bonds. The molecule has 29 heavy (non-hydrogen) atoms. The second-order valence-electron chi connectivity index (χ2n) is 11.0. The molecule has 0 aromatic carbocycles. The lowest BCUT2D eigenvalue weighted by molar-refractivity contribution is -0.146. The lowest BCUT2D eigenvalue weighted by Gasteiger charge is -2.58. The number of ketones is 1. The zero-order valence-electron chi connectivity index (χ0n) is 18.1. The van der Waals surface area contributed by atoms with Crippen LogP contribution in [0.4, 0.5) is 4.39 Å². The molecule has 0 radical (unpaired) electrons. The topological polar surface area (TPSA) is 60.7 Å². The van der Waals surface area contributed by atoms with Crippen molar-refractivity contribution < 1.29 is 9.18 Å². The van der Waals surface area contributed by atoms with Gasteiger partial charge >= 0.3 is 0 Å². The highest BCUT2D eigenvalue weighted by atomic mass is 19.1. The Kier molecular flexibility index (Phi) is 4.63. The highest BCUT2D eigenvalue weighted by Gasteiger charge is 2.62. The molecular formula is C23H35FN4O. The Bertz CT molecular complexity index is 796. The molecule has 0 spiro atoms. The predicted octanol–water partition coefficient (Wildman–Crippen LogP) is 4.55. The number of nitrogens with zero attached hydrogens (tertiary/aromatic N) is 4. The van der Waals surface area contributed by atoms with E-state index < -0.39 is 5.67 Å². The Morgan fingerprint density at radius 1 is 1.14 bits per heavy atom. The van der Waals surface area contributed by atoms with Crippen LogP contribution in [-0.4, -0.2) is 31.7 Å². The first-order valence-corrected chi connectivity index (χ1v) is 11.8. The van der Waals surface area contributed by atoms with Gasteiger partial charge in [-0.05, 0) is 110 Å². The molecule has 4 aliphatic rings. The quantitative estimate of drug-likeness (QED) is 0.744. The summed E-state index contributed by atoms with van der Waals surface area (Å²) in [6.45, 7) is 6.73. The van der Waals surface area contributed by atoms with Crippen LogP contribution in [0.1, 0.15) is 77.5 Å². The number of tetrazole rings is 1. The standard InChI is InChI=1S/C23H35FN4O/c1-14-8-11-23(24)16(12-14)4-5-17-18-6-7-20(22(18,3)10-9-19(17)23)21(29)13-28-15(2)25-26-27-28/h14,16-20H,4-13H2,1-3H3/t14-,16+,17-,18-,19-,20+,22-,23+/m0/s1. The molecule has 0 aliphatic heterocycles. The van der Waals surface area contributed by atoms with Gasteiger partial charge in [0.2, 0.25) is 0 Å². The summed E-state index contributed by atoms with van der Waals surface area (Å²) >= 11 is 0. The summed E-state index contributed by atoms with van der Waals surface area (Å²) < 4.78 is 18.0. The number of hydrogen-bond acceptors (Lipinski definition) is 4. The van der Waals surface area contributed by atoms with E-state index in [4.69, 9.17) is 0 Å². The molecule has 5 nitrogen and oxygen atoms in total. The van der Waals surface area contributed by atoms with E-state index in [1.54, 1.807) is 4.68 Å². The number of alkyl halides is 1. The van der Waals surface area contributed by atoms with Crippen molar-refractivity contribution in [2.75, 3.05) is 0 Å². The Hall–Kier alpha value is -1.33. The second kappa shape index (κ2) is 6.84. The SMILES string of the molecule is Cc1nnnn1CC(=O)[C@H]1CC[C@H]2[C@@H]3CC[C@@H]4C[C@@H](C)CC[C@]4(F)[C@H]3CC[C@]12C. The van der Waals surface area contributed by atoms with Gasteiger partial charge in [-0.25, -0.2) is 9.07 Å². The highest BCUT2D eigenvalue weighted by Crippen LogP contribution is 2.66.